The summed E-state index contributed by atoms with van der Waals surface area (Å²) in [6.45, 7) is 1.20. The Morgan fingerprint density at radius 2 is 2.27 bits per heavy atom. The third kappa shape index (κ3) is 0.723. The van der Waals surface area contributed by atoms with Gasteiger partial charge in [0.15, 0.2) is 0 Å². The van der Waals surface area contributed by atoms with Crippen LogP contribution in [0.2, 0.25) is 0 Å². The van der Waals surface area contributed by atoms with Crippen LogP contribution in [0.1, 0.15) is 0 Å². The van der Waals surface area contributed by atoms with Crippen LogP contribution in [0.3, 0.4) is 0 Å². The lowest BCUT2D eigenvalue weighted by atomic mass is 10.4. The zero-order valence-corrected chi connectivity index (χ0v) is 7.03. The first kappa shape index (κ1) is 7.00. The van der Waals surface area contributed by atoms with E-state index < -0.39 is 0 Å². The molecule has 3 N–H and O–H groups in total. The highest BCUT2D eigenvalue weighted by Crippen LogP contribution is 2.35. The maximum absolute atomic E-state index is 2.39. The highest BCUT2D eigenvalue weighted by Gasteiger charge is 2.14. The Morgan fingerprint density at radius 3 is 3.00 bits per heavy atom. The Kier molecular flexibility index (Phi) is 1.37. The fourth-order valence-corrected chi connectivity index (χ4v) is 2.67. The predicted molar refractivity (Wildman–Crippen MR) is 48.9 cm³/mol. The summed E-state index contributed by atoms with van der Waals surface area (Å²) in [5.41, 5.74) is 2.83. The van der Waals surface area contributed by atoms with Gasteiger partial charge >= 0.3 is 0 Å². The maximum atomic E-state index is 2.39. The van der Waals surface area contributed by atoms with Crippen LogP contribution in [0.5, 0.6) is 0 Å². The number of hydrogen-bond acceptors (Lipinski definition) is 2. The van der Waals surface area contributed by atoms with Gasteiger partial charge < -0.3 is 10.7 Å². The van der Waals surface area contributed by atoms with E-state index in [-0.39, 0.29) is 6.15 Å². The van der Waals surface area contributed by atoms with E-state index in [0.29, 0.717) is 0 Å². The van der Waals surface area contributed by atoms with Crippen molar-refractivity contribution in [1.82, 2.24) is 10.7 Å². The fraction of sp³-hybridized carbons (Fsp3) is 0.250. The first-order valence-electron chi connectivity index (χ1n) is 3.49. The van der Waals surface area contributed by atoms with Gasteiger partial charge in [-0.3, -0.25) is 0 Å². The molecule has 0 saturated carbocycles. The molecule has 0 radical (unpaired) electrons. The molecule has 3 heterocycles. The van der Waals surface area contributed by atoms with Gasteiger partial charge in [-0.05, 0) is 18.2 Å². The van der Waals surface area contributed by atoms with E-state index in [1.54, 1.807) is 0 Å². The van der Waals surface area contributed by atoms with Crippen molar-refractivity contribution in [3.8, 4) is 0 Å². The second kappa shape index (κ2) is 2.16. The van der Waals surface area contributed by atoms with Crippen molar-refractivity contribution >= 4 is 22.8 Å². The summed E-state index contributed by atoms with van der Waals surface area (Å²) in [6, 6.07) is 6.70. The Morgan fingerprint density at radius 1 is 1.36 bits per heavy atom. The molecule has 3 rings (SSSR count). The molecule has 2 aromatic heterocycles. The zero-order chi connectivity index (χ0) is 6.55. The number of nitrogens with zero attached hydrogens (tertiary/aromatic N) is 1. The van der Waals surface area contributed by atoms with E-state index in [1.807, 2.05) is 11.8 Å². The first-order chi connectivity index (χ1) is 4.95. The minimum atomic E-state index is 0. The van der Waals surface area contributed by atoms with Gasteiger partial charge in [0.25, 0.3) is 0 Å². The number of aryl methyl sites for hydroxylation is 1. The largest absolute Gasteiger partial charge is 0.344 e. The summed E-state index contributed by atoms with van der Waals surface area (Å²) in [5, 5.41) is 0. The SMILES string of the molecule is N.c1cc2c3cc1n2CCS3. The highest BCUT2D eigenvalue weighted by molar-refractivity contribution is 7.99. The van der Waals surface area contributed by atoms with Crippen molar-refractivity contribution in [1.29, 1.82) is 0 Å². The molecular weight excluding hydrogens is 156 g/mol. The summed E-state index contributed by atoms with van der Waals surface area (Å²) >= 11 is 1.98. The molecule has 1 aliphatic heterocycles. The Hall–Kier alpha value is -0.670. The lowest BCUT2D eigenvalue weighted by Crippen LogP contribution is -2.00. The smallest absolute Gasteiger partial charge is 0.0550 e. The lowest BCUT2D eigenvalue weighted by molar-refractivity contribution is 0.832. The monoisotopic (exact) mass is 166 g/mol. The van der Waals surface area contributed by atoms with Gasteiger partial charge in [0.1, 0.15) is 0 Å². The lowest BCUT2D eigenvalue weighted by Gasteiger charge is -2.08. The molecule has 3 heteroatoms. The quantitative estimate of drug-likeness (QED) is 0.652. The molecule has 11 heavy (non-hydrogen) atoms. The van der Waals surface area contributed by atoms with E-state index in [0.717, 1.165) is 0 Å². The van der Waals surface area contributed by atoms with Crippen molar-refractivity contribution in [3.05, 3.63) is 18.2 Å². The second-order valence-corrected chi connectivity index (χ2v) is 3.79. The Balaban J connectivity index is 0.000000480. The first-order valence-corrected chi connectivity index (χ1v) is 4.48. The molecule has 0 atom stereocenters. The normalized spacial score (nSPS) is 15.3. The molecule has 2 nitrogen and oxygen atoms in total. The maximum Gasteiger partial charge on any atom is 0.0550 e. The van der Waals surface area contributed by atoms with Gasteiger partial charge in [-0.2, -0.15) is 0 Å². The number of benzene rings is 1. The summed E-state index contributed by atoms with van der Waals surface area (Å²) in [5.74, 6) is 1.25. The van der Waals surface area contributed by atoms with Gasteiger partial charge in [-0.25, -0.2) is 0 Å². The average molecular weight is 166 g/mol. The fourth-order valence-electron chi connectivity index (χ4n) is 1.64. The van der Waals surface area contributed by atoms with Crippen LogP contribution in [0.25, 0.3) is 11.0 Å². The van der Waals surface area contributed by atoms with E-state index in [9.17, 15) is 0 Å². The Bertz CT molecular complexity index is 366. The Labute approximate surface area is 69.5 Å². The second-order valence-electron chi connectivity index (χ2n) is 2.65. The number of thioether (sulfide) groups is 1. The number of hydrogen-bond donors (Lipinski definition) is 1. The molecule has 0 amide bonds. The van der Waals surface area contributed by atoms with Gasteiger partial charge in [0.2, 0.25) is 0 Å². The average Bonchev–Trinajstić information content (AvgIpc) is 2.44. The summed E-state index contributed by atoms with van der Waals surface area (Å²) in [7, 11) is 0. The van der Waals surface area contributed by atoms with E-state index in [2.05, 4.69) is 22.8 Å². The molecule has 1 aliphatic rings. The number of rotatable bonds is 0. The van der Waals surface area contributed by atoms with Crippen molar-refractivity contribution in [3.63, 3.8) is 0 Å². The van der Waals surface area contributed by atoms with Crippen molar-refractivity contribution in [2.45, 2.75) is 11.4 Å². The molecule has 0 aromatic carbocycles. The van der Waals surface area contributed by atoms with Crippen molar-refractivity contribution in [2.24, 2.45) is 0 Å². The molecule has 0 unspecified atom stereocenters. The minimum absolute atomic E-state index is 0. The summed E-state index contributed by atoms with van der Waals surface area (Å²) in [6.07, 6.45) is 0. The zero-order valence-electron chi connectivity index (χ0n) is 6.21. The molecule has 0 saturated heterocycles. The third-order valence-electron chi connectivity index (χ3n) is 2.12. The van der Waals surface area contributed by atoms with Crippen LogP contribution in [-0.2, 0) is 6.54 Å². The van der Waals surface area contributed by atoms with E-state index in [4.69, 9.17) is 0 Å². The highest BCUT2D eigenvalue weighted by atomic mass is 32.2. The molecule has 58 valence electrons. The topological polar surface area (TPSA) is 39.9 Å². The van der Waals surface area contributed by atoms with Crippen LogP contribution in [0, 0.1) is 0 Å². The summed E-state index contributed by atoms with van der Waals surface area (Å²) < 4.78 is 2.39. The van der Waals surface area contributed by atoms with Crippen LogP contribution in [0.15, 0.2) is 23.1 Å². The predicted octanol–water partition coefficient (Wildman–Crippen LogP) is 2.35. The molecule has 0 aliphatic carbocycles. The molecule has 0 fully saturated rings. The van der Waals surface area contributed by atoms with Crippen molar-refractivity contribution in [2.75, 3.05) is 5.75 Å². The van der Waals surface area contributed by atoms with Gasteiger partial charge in [0, 0.05) is 22.7 Å². The van der Waals surface area contributed by atoms with Gasteiger partial charge in [0.05, 0.1) is 5.52 Å². The van der Waals surface area contributed by atoms with E-state index >= 15 is 0 Å². The van der Waals surface area contributed by atoms with Crippen molar-refractivity contribution < 1.29 is 0 Å². The molecule has 4 bridgehead atoms. The molecule has 0 spiro atoms. The summed E-state index contributed by atoms with van der Waals surface area (Å²) in [4.78, 5) is 1.48. The van der Waals surface area contributed by atoms with Crippen LogP contribution < -0.4 is 6.15 Å². The molecule has 2 aromatic rings. The minimum Gasteiger partial charge on any atom is -0.344 e. The molecular formula is C8H10N2S. The van der Waals surface area contributed by atoms with Crippen LogP contribution in [-0.4, -0.2) is 10.3 Å². The number of aromatic nitrogens is 1. The standard InChI is InChI=1S/C8H7NS.H3N/c1-2-7-8-5-6(1)9(7)3-4-10-8;/h1-2,5H,3-4H2;1H3. The van der Waals surface area contributed by atoms with Gasteiger partial charge in [-0.15, -0.1) is 11.8 Å². The van der Waals surface area contributed by atoms with Gasteiger partial charge in [-0.1, -0.05) is 0 Å². The van der Waals surface area contributed by atoms with Crippen LogP contribution >= 0.6 is 11.8 Å². The van der Waals surface area contributed by atoms with E-state index in [1.165, 1.54) is 28.2 Å². The van der Waals surface area contributed by atoms with Crippen LogP contribution in [0.4, 0.5) is 0 Å². The third-order valence-corrected chi connectivity index (χ3v) is 3.14.